The van der Waals surface area contributed by atoms with E-state index in [-0.39, 0.29) is 0 Å². The first kappa shape index (κ1) is 16.2. The molecule has 0 saturated carbocycles. The summed E-state index contributed by atoms with van der Waals surface area (Å²) in [6.07, 6.45) is 4.40. The van der Waals surface area contributed by atoms with Gasteiger partial charge in [-0.05, 0) is 18.6 Å². The molecule has 0 aliphatic rings. The van der Waals surface area contributed by atoms with Crippen molar-refractivity contribution in [2.75, 3.05) is 0 Å². The van der Waals surface area contributed by atoms with E-state index < -0.39 is 21.6 Å². The van der Waals surface area contributed by atoms with Gasteiger partial charge in [0.05, 0.1) is 23.6 Å². The fourth-order valence-corrected chi connectivity index (χ4v) is 2.44. The quantitative estimate of drug-likeness (QED) is 0.521. The largest absolute Gasteiger partial charge is 0.534 e. The van der Waals surface area contributed by atoms with E-state index in [1.54, 1.807) is 26.2 Å². The van der Waals surface area contributed by atoms with Crippen molar-refractivity contribution in [1.82, 2.24) is 24.4 Å². The van der Waals surface area contributed by atoms with Crippen LogP contribution in [-0.2, 0) is 17.2 Å². The highest BCUT2D eigenvalue weighted by molar-refractivity contribution is 7.87. The van der Waals surface area contributed by atoms with Crippen molar-refractivity contribution < 1.29 is 25.8 Å². The molecule has 12 heteroatoms. The Kier molecular flexibility index (Phi) is 3.51. The SMILES string of the molecule is Cc1cc(-c2cnn(C)c2)n2nc(OS(=O)(=O)C(F)(F)F)ncc12. The van der Waals surface area contributed by atoms with Gasteiger partial charge in [-0.25, -0.2) is 4.52 Å². The second-order valence-electron chi connectivity index (χ2n) is 4.94. The maximum atomic E-state index is 12.4. The number of rotatable bonds is 3. The van der Waals surface area contributed by atoms with Gasteiger partial charge in [-0.3, -0.25) is 4.68 Å². The predicted octanol–water partition coefficient (Wildman–Crippen LogP) is 1.67. The zero-order valence-electron chi connectivity index (χ0n) is 12.3. The van der Waals surface area contributed by atoms with Gasteiger partial charge in [0.25, 0.3) is 0 Å². The molecule has 0 N–H and O–H groups in total. The lowest BCUT2D eigenvalue weighted by Crippen LogP contribution is -2.28. The predicted molar refractivity (Wildman–Crippen MR) is 75.5 cm³/mol. The van der Waals surface area contributed by atoms with E-state index >= 15 is 0 Å². The summed E-state index contributed by atoms with van der Waals surface area (Å²) in [6.45, 7) is 1.76. The molecular weight excluding hydrogens is 351 g/mol. The maximum Gasteiger partial charge on any atom is 0.534 e. The number of nitrogens with zero attached hydrogens (tertiary/aromatic N) is 5. The zero-order chi connectivity index (χ0) is 17.7. The molecule has 0 amide bonds. The van der Waals surface area contributed by atoms with Crippen LogP contribution >= 0.6 is 0 Å². The molecule has 0 saturated heterocycles. The molecule has 0 aliphatic carbocycles. The third-order valence-electron chi connectivity index (χ3n) is 3.16. The maximum absolute atomic E-state index is 12.4. The number of hydrogen-bond donors (Lipinski definition) is 0. The molecule has 3 heterocycles. The highest BCUT2D eigenvalue weighted by Gasteiger charge is 2.49. The molecule has 3 rings (SSSR count). The van der Waals surface area contributed by atoms with Gasteiger partial charge in [-0.15, -0.1) is 5.10 Å². The van der Waals surface area contributed by atoms with Crippen LogP contribution in [-0.4, -0.2) is 38.3 Å². The van der Waals surface area contributed by atoms with Gasteiger partial charge >= 0.3 is 21.6 Å². The molecule has 0 radical (unpaired) electrons. The first-order valence-electron chi connectivity index (χ1n) is 6.43. The van der Waals surface area contributed by atoms with Crippen molar-refractivity contribution in [2.24, 2.45) is 7.05 Å². The van der Waals surface area contributed by atoms with Crippen molar-refractivity contribution in [2.45, 2.75) is 12.4 Å². The Morgan fingerprint density at radius 1 is 1.25 bits per heavy atom. The summed E-state index contributed by atoms with van der Waals surface area (Å²) < 4.78 is 66.1. The topological polar surface area (TPSA) is 91.4 Å². The van der Waals surface area contributed by atoms with Crippen LogP contribution in [0.15, 0.2) is 24.7 Å². The number of halogens is 3. The highest BCUT2D eigenvalue weighted by Crippen LogP contribution is 2.27. The molecule has 3 aromatic heterocycles. The average Bonchev–Trinajstić information content (AvgIpc) is 3.01. The van der Waals surface area contributed by atoms with Crippen LogP contribution in [0.25, 0.3) is 16.8 Å². The first-order chi connectivity index (χ1) is 11.1. The minimum absolute atomic E-state index is 0.491. The van der Waals surface area contributed by atoms with E-state index in [0.717, 1.165) is 5.56 Å². The molecule has 0 aliphatic heterocycles. The monoisotopic (exact) mass is 361 g/mol. The molecule has 128 valence electrons. The third kappa shape index (κ3) is 2.68. The van der Waals surface area contributed by atoms with E-state index in [4.69, 9.17) is 0 Å². The van der Waals surface area contributed by atoms with Crippen LogP contribution in [0.3, 0.4) is 0 Å². The molecule has 0 bridgehead atoms. The van der Waals surface area contributed by atoms with Crippen LogP contribution in [0.5, 0.6) is 6.01 Å². The minimum Gasteiger partial charge on any atom is -0.335 e. The normalized spacial score (nSPS) is 12.7. The van der Waals surface area contributed by atoms with Gasteiger partial charge in [0.15, 0.2) is 0 Å². The van der Waals surface area contributed by atoms with E-state index in [9.17, 15) is 21.6 Å². The summed E-state index contributed by atoms with van der Waals surface area (Å²) in [5.41, 5.74) is -3.18. The van der Waals surface area contributed by atoms with Gasteiger partial charge in [-0.1, -0.05) is 0 Å². The lowest BCUT2D eigenvalue weighted by Gasteiger charge is -2.08. The van der Waals surface area contributed by atoms with Crippen LogP contribution < -0.4 is 4.18 Å². The van der Waals surface area contributed by atoms with E-state index in [1.807, 2.05) is 0 Å². The average molecular weight is 361 g/mol. The lowest BCUT2D eigenvalue weighted by atomic mass is 10.2. The van der Waals surface area contributed by atoms with Crippen molar-refractivity contribution in [3.8, 4) is 17.3 Å². The van der Waals surface area contributed by atoms with E-state index in [2.05, 4.69) is 19.4 Å². The minimum atomic E-state index is -5.84. The molecule has 3 aromatic rings. The molecule has 0 spiro atoms. The summed E-state index contributed by atoms with van der Waals surface area (Å²) in [5.74, 6) is 0. The summed E-state index contributed by atoms with van der Waals surface area (Å²) in [6, 6.07) is 0.795. The molecule has 0 unspecified atom stereocenters. The summed E-state index contributed by atoms with van der Waals surface area (Å²) >= 11 is 0. The van der Waals surface area contributed by atoms with Crippen LogP contribution in [0.2, 0.25) is 0 Å². The second-order valence-corrected chi connectivity index (χ2v) is 6.47. The Morgan fingerprint density at radius 2 is 1.96 bits per heavy atom. The van der Waals surface area contributed by atoms with Gasteiger partial charge in [0.1, 0.15) is 0 Å². The smallest absolute Gasteiger partial charge is 0.335 e. The molecule has 8 nitrogen and oxygen atoms in total. The van der Waals surface area contributed by atoms with Crippen LogP contribution in [0.1, 0.15) is 5.56 Å². The molecule has 0 aromatic carbocycles. The Bertz CT molecular complexity index is 1020. The lowest BCUT2D eigenvalue weighted by molar-refractivity contribution is -0.0503. The number of aryl methyl sites for hydroxylation is 2. The molecule has 24 heavy (non-hydrogen) atoms. The molecular formula is C12H10F3N5O3S. The van der Waals surface area contributed by atoms with Crippen molar-refractivity contribution >= 4 is 15.6 Å². The van der Waals surface area contributed by atoms with Gasteiger partial charge in [0.2, 0.25) is 0 Å². The van der Waals surface area contributed by atoms with Crippen molar-refractivity contribution in [3.63, 3.8) is 0 Å². The first-order valence-corrected chi connectivity index (χ1v) is 7.84. The van der Waals surface area contributed by atoms with Gasteiger partial charge < -0.3 is 4.18 Å². The number of fused-ring (bicyclic) bond motifs is 1. The second kappa shape index (κ2) is 5.19. The molecule has 0 atom stereocenters. The summed E-state index contributed by atoms with van der Waals surface area (Å²) in [7, 11) is -4.14. The summed E-state index contributed by atoms with van der Waals surface area (Å²) in [5, 5.41) is 7.75. The number of aromatic nitrogens is 5. The Hall–Kier alpha value is -2.63. The Labute approximate surface area is 133 Å². The van der Waals surface area contributed by atoms with E-state index in [0.29, 0.717) is 16.8 Å². The zero-order valence-corrected chi connectivity index (χ0v) is 13.1. The van der Waals surface area contributed by atoms with Crippen molar-refractivity contribution in [1.29, 1.82) is 0 Å². The van der Waals surface area contributed by atoms with Crippen molar-refractivity contribution in [3.05, 3.63) is 30.2 Å². The standard InChI is InChI=1S/C12H10F3N5O3S/c1-7-3-9(8-4-17-19(2)6-8)20-10(7)5-16-11(18-20)23-24(21,22)12(13,14)15/h3-6H,1-2H3. The van der Waals surface area contributed by atoms with E-state index in [1.165, 1.54) is 21.6 Å². The van der Waals surface area contributed by atoms with Gasteiger partial charge in [0, 0.05) is 18.8 Å². The number of alkyl halides is 3. The fourth-order valence-electron chi connectivity index (χ4n) is 2.07. The Morgan fingerprint density at radius 3 is 2.54 bits per heavy atom. The van der Waals surface area contributed by atoms with Crippen LogP contribution in [0.4, 0.5) is 13.2 Å². The van der Waals surface area contributed by atoms with Gasteiger partial charge in [-0.2, -0.15) is 31.7 Å². The Balaban J connectivity index is 2.11. The van der Waals surface area contributed by atoms with Crippen LogP contribution in [0, 0.1) is 6.92 Å². The third-order valence-corrected chi connectivity index (χ3v) is 4.10. The molecule has 0 fully saturated rings. The highest BCUT2D eigenvalue weighted by atomic mass is 32.2. The number of hydrogen-bond acceptors (Lipinski definition) is 6. The summed E-state index contributed by atoms with van der Waals surface area (Å²) in [4.78, 5) is 3.52. The fraction of sp³-hybridized carbons (Fsp3) is 0.250.